The molecule has 0 aliphatic carbocycles. The van der Waals surface area contributed by atoms with Crippen molar-refractivity contribution in [1.29, 1.82) is 0 Å². The molecular weight excluding hydrogens is 506 g/mol. The van der Waals surface area contributed by atoms with Crippen molar-refractivity contribution in [3.05, 3.63) is 99.4 Å². The molecule has 9 heteroatoms. The monoisotopic (exact) mass is 525 g/mol. The number of carboxylic acid groups (broad SMARTS) is 1. The minimum Gasteiger partial charge on any atom is -0.493 e. The Hall–Kier alpha value is -3.33. The number of carboxylic acids is 1. The lowest BCUT2D eigenvalue weighted by atomic mass is 10.1. The van der Waals surface area contributed by atoms with Gasteiger partial charge in [-0.3, -0.25) is 9.69 Å². The van der Waals surface area contributed by atoms with E-state index in [9.17, 15) is 14.7 Å². The second kappa shape index (κ2) is 10.9. The van der Waals surface area contributed by atoms with Crippen LogP contribution in [0, 0.1) is 0 Å². The Labute approximate surface area is 217 Å². The Bertz CT molecular complexity index is 1290. The number of carbonyl (C=O) groups is 2. The second-order valence-corrected chi connectivity index (χ2v) is 9.64. The van der Waals surface area contributed by atoms with Crippen LogP contribution in [0.5, 0.6) is 11.5 Å². The number of methoxy groups -OCH3 is 1. The zero-order chi connectivity index (χ0) is 24.9. The molecule has 4 rings (SSSR count). The Kier molecular flexibility index (Phi) is 7.75. The summed E-state index contributed by atoms with van der Waals surface area (Å²) in [5.41, 5.74) is 2.12. The molecule has 1 atom stereocenters. The number of hydrogen-bond acceptors (Lipinski definition) is 6. The fourth-order valence-corrected chi connectivity index (χ4v) is 4.97. The molecule has 6 nitrogen and oxygen atoms in total. The summed E-state index contributed by atoms with van der Waals surface area (Å²) >= 11 is 12.4. The van der Waals surface area contributed by atoms with Crippen LogP contribution in [0.3, 0.4) is 0 Å². The maximum absolute atomic E-state index is 13.2. The van der Waals surface area contributed by atoms with E-state index in [0.717, 1.165) is 22.2 Å². The van der Waals surface area contributed by atoms with E-state index >= 15 is 0 Å². The van der Waals surface area contributed by atoms with Crippen LogP contribution in [-0.2, 0) is 16.2 Å². The van der Waals surface area contributed by atoms with E-state index in [-0.39, 0.29) is 4.32 Å². The van der Waals surface area contributed by atoms with E-state index in [1.165, 1.54) is 7.11 Å². The maximum Gasteiger partial charge on any atom is 0.331 e. The highest BCUT2D eigenvalue weighted by Crippen LogP contribution is 2.39. The predicted octanol–water partition coefficient (Wildman–Crippen LogP) is 5.95. The van der Waals surface area contributed by atoms with Crippen LogP contribution >= 0.6 is 35.6 Å². The van der Waals surface area contributed by atoms with Gasteiger partial charge in [-0.2, -0.15) is 0 Å². The highest BCUT2D eigenvalue weighted by molar-refractivity contribution is 8.26. The van der Waals surface area contributed by atoms with Crippen LogP contribution in [0.15, 0.2) is 77.7 Å². The van der Waals surface area contributed by atoms with Gasteiger partial charge in [0.15, 0.2) is 17.5 Å². The second-order valence-electron chi connectivity index (χ2n) is 7.53. The molecule has 3 aromatic rings. The molecule has 1 amide bonds. The molecule has 1 fully saturated rings. The molecular formula is C26H20ClNO5S2. The van der Waals surface area contributed by atoms with E-state index in [1.54, 1.807) is 66.7 Å². The third kappa shape index (κ3) is 5.67. The zero-order valence-corrected chi connectivity index (χ0v) is 20.9. The number of thiocarbonyl (C=S) groups is 1. The normalized spacial score (nSPS) is 15.4. The fourth-order valence-electron chi connectivity index (χ4n) is 3.53. The molecule has 35 heavy (non-hydrogen) atoms. The van der Waals surface area contributed by atoms with Gasteiger partial charge in [0.25, 0.3) is 5.91 Å². The fraction of sp³-hybridized carbons (Fsp3) is 0.115. The van der Waals surface area contributed by atoms with Crippen molar-refractivity contribution < 1.29 is 24.2 Å². The summed E-state index contributed by atoms with van der Waals surface area (Å²) < 4.78 is 11.5. The summed E-state index contributed by atoms with van der Waals surface area (Å²) in [5.74, 6) is -0.575. The number of carbonyl (C=O) groups excluding carboxylic acids is 1. The van der Waals surface area contributed by atoms with Gasteiger partial charge in [-0.1, -0.05) is 84.1 Å². The molecule has 0 bridgehead atoms. The van der Waals surface area contributed by atoms with Gasteiger partial charge in [-0.15, -0.1) is 0 Å². The predicted molar refractivity (Wildman–Crippen MR) is 141 cm³/mol. The lowest BCUT2D eigenvalue weighted by Crippen LogP contribution is -2.37. The minimum atomic E-state index is -1.20. The SMILES string of the molecule is COc1cc(/C=C2\SC(=S)N([C@@H](C(=O)O)c3ccccc3)C2=O)ccc1OCc1ccc(Cl)cc1. The number of nitrogens with zero attached hydrogens (tertiary/aromatic N) is 1. The molecule has 1 saturated heterocycles. The van der Waals surface area contributed by atoms with Gasteiger partial charge < -0.3 is 14.6 Å². The first kappa shape index (κ1) is 24.8. The summed E-state index contributed by atoms with van der Waals surface area (Å²) in [7, 11) is 1.53. The third-order valence-corrected chi connectivity index (χ3v) is 6.81. The number of ether oxygens (including phenoxy) is 2. The number of aliphatic carboxylic acids is 1. The van der Waals surface area contributed by atoms with Crippen LogP contribution in [0.2, 0.25) is 5.02 Å². The summed E-state index contributed by atoms with van der Waals surface area (Å²) in [6, 6.07) is 20.0. The van der Waals surface area contributed by atoms with Gasteiger partial charge >= 0.3 is 5.97 Å². The highest BCUT2D eigenvalue weighted by atomic mass is 35.5. The van der Waals surface area contributed by atoms with Gasteiger partial charge in [-0.05, 0) is 47.0 Å². The Morgan fingerprint density at radius 1 is 1.11 bits per heavy atom. The zero-order valence-electron chi connectivity index (χ0n) is 18.5. The van der Waals surface area contributed by atoms with Crippen LogP contribution in [0.25, 0.3) is 6.08 Å². The number of amides is 1. The number of benzene rings is 3. The van der Waals surface area contributed by atoms with Crippen molar-refractivity contribution in [2.45, 2.75) is 12.6 Å². The van der Waals surface area contributed by atoms with Gasteiger partial charge in [0.1, 0.15) is 10.9 Å². The average molecular weight is 526 g/mol. The largest absolute Gasteiger partial charge is 0.493 e. The molecule has 0 spiro atoms. The first-order valence-electron chi connectivity index (χ1n) is 10.5. The average Bonchev–Trinajstić information content (AvgIpc) is 3.12. The van der Waals surface area contributed by atoms with Crippen molar-refractivity contribution in [3.8, 4) is 11.5 Å². The molecule has 3 aromatic carbocycles. The number of hydrogen-bond donors (Lipinski definition) is 1. The summed E-state index contributed by atoms with van der Waals surface area (Å²) in [6.45, 7) is 0.335. The summed E-state index contributed by atoms with van der Waals surface area (Å²) in [5, 5.41) is 10.5. The van der Waals surface area contributed by atoms with Crippen molar-refractivity contribution >= 4 is 57.9 Å². The molecule has 0 saturated carbocycles. The van der Waals surface area contributed by atoms with Crippen LogP contribution in [0.4, 0.5) is 0 Å². The molecule has 178 valence electrons. The van der Waals surface area contributed by atoms with Crippen molar-refractivity contribution in [3.63, 3.8) is 0 Å². The molecule has 0 aromatic heterocycles. The standard InChI is InChI=1S/C26H20ClNO5S2/c1-32-21-13-17(9-12-20(21)33-15-16-7-10-19(27)11-8-16)14-22-24(29)28(26(34)35-22)23(25(30)31)18-5-3-2-4-6-18/h2-14,23H,15H2,1H3,(H,30,31)/b22-14-/t23-/m1/s1. The van der Waals surface area contributed by atoms with E-state index in [0.29, 0.717) is 39.2 Å². The Morgan fingerprint density at radius 3 is 2.49 bits per heavy atom. The molecule has 1 heterocycles. The summed E-state index contributed by atoms with van der Waals surface area (Å²) in [6.07, 6.45) is 1.66. The van der Waals surface area contributed by atoms with Gasteiger partial charge in [0, 0.05) is 5.02 Å². The first-order valence-corrected chi connectivity index (χ1v) is 12.1. The topological polar surface area (TPSA) is 76.1 Å². The molecule has 1 aliphatic heterocycles. The van der Waals surface area contributed by atoms with Crippen molar-refractivity contribution in [1.82, 2.24) is 4.90 Å². The summed E-state index contributed by atoms with van der Waals surface area (Å²) in [4.78, 5) is 26.7. The first-order chi connectivity index (χ1) is 16.9. The van der Waals surface area contributed by atoms with Crippen LogP contribution in [-0.4, -0.2) is 33.3 Å². The number of rotatable bonds is 8. The molecule has 0 unspecified atom stereocenters. The smallest absolute Gasteiger partial charge is 0.331 e. The maximum atomic E-state index is 13.2. The number of halogens is 1. The van der Waals surface area contributed by atoms with Gasteiger partial charge in [0.2, 0.25) is 0 Å². The third-order valence-electron chi connectivity index (χ3n) is 5.22. The van der Waals surface area contributed by atoms with Crippen molar-refractivity contribution in [2.24, 2.45) is 0 Å². The lowest BCUT2D eigenvalue weighted by molar-refractivity contribution is -0.145. The highest BCUT2D eigenvalue weighted by Gasteiger charge is 2.41. The van der Waals surface area contributed by atoms with E-state index in [2.05, 4.69) is 0 Å². The van der Waals surface area contributed by atoms with Gasteiger partial charge in [0.05, 0.1) is 12.0 Å². The lowest BCUT2D eigenvalue weighted by Gasteiger charge is -2.23. The van der Waals surface area contributed by atoms with Gasteiger partial charge in [-0.25, -0.2) is 4.79 Å². The van der Waals surface area contributed by atoms with Crippen molar-refractivity contribution in [2.75, 3.05) is 7.11 Å². The molecule has 0 radical (unpaired) electrons. The van der Waals surface area contributed by atoms with E-state index in [4.69, 9.17) is 33.3 Å². The molecule has 1 aliphatic rings. The minimum absolute atomic E-state index is 0.187. The molecule has 1 N–H and O–H groups in total. The van der Waals surface area contributed by atoms with Crippen LogP contribution < -0.4 is 9.47 Å². The Morgan fingerprint density at radius 2 is 1.83 bits per heavy atom. The Balaban J connectivity index is 1.55. The van der Waals surface area contributed by atoms with Crippen LogP contribution in [0.1, 0.15) is 22.7 Å². The number of thioether (sulfide) groups is 1. The van der Waals surface area contributed by atoms with E-state index < -0.39 is 17.9 Å². The van der Waals surface area contributed by atoms with E-state index in [1.807, 2.05) is 12.1 Å². The quantitative estimate of drug-likeness (QED) is 0.287.